The Balaban J connectivity index is 1.39. The first-order chi connectivity index (χ1) is 15.9. The van der Waals surface area contributed by atoms with Crippen molar-refractivity contribution < 1.29 is 9.53 Å². The van der Waals surface area contributed by atoms with Crippen molar-refractivity contribution in [2.45, 2.75) is 50.7 Å². The highest BCUT2D eigenvalue weighted by Gasteiger charge is 2.37. The molecule has 5 rings (SSSR count). The fraction of sp³-hybridized carbons (Fsp3) is 0.458. The fourth-order valence-electron chi connectivity index (χ4n) is 4.99. The second kappa shape index (κ2) is 8.89. The van der Waals surface area contributed by atoms with Crippen LogP contribution in [0.1, 0.15) is 37.3 Å². The number of piperidine rings is 1. The SMILES string of the molecule is Cc1cc(-c2cnc(N)c(Oc3cnn(C4CCN(C)CC4)c3)n2)cc([Si]2(O)CCCC2)c1. The molecule has 33 heavy (non-hydrogen) atoms. The van der Waals surface area contributed by atoms with Crippen molar-refractivity contribution in [3.8, 4) is 22.9 Å². The zero-order valence-electron chi connectivity index (χ0n) is 19.4. The molecule has 0 radical (unpaired) electrons. The second-order valence-electron chi connectivity index (χ2n) is 9.56. The summed E-state index contributed by atoms with van der Waals surface area (Å²) in [5.74, 6) is 1.11. The van der Waals surface area contributed by atoms with Gasteiger partial charge in [-0.25, -0.2) is 9.97 Å². The molecule has 0 amide bonds. The van der Waals surface area contributed by atoms with Gasteiger partial charge in [0.1, 0.15) is 0 Å². The number of anilines is 1. The van der Waals surface area contributed by atoms with Crippen LogP contribution >= 0.6 is 0 Å². The van der Waals surface area contributed by atoms with E-state index in [0.717, 1.165) is 67.2 Å². The summed E-state index contributed by atoms with van der Waals surface area (Å²) in [6, 6.07) is 8.51. The van der Waals surface area contributed by atoms with Gasteiger partial charge in [-0.15, -0.1) is 0 Å². The van der Waals surface area contributed by atoms with E-state index in [0.29, 0.717) is 17.5 Å². The van der Waals surface area contributed by atoms with Crippen molar-refractivity contribution >= 4 is 19.3 Å². The normalized spacial score (nSPS) is 19.1. The molecule has 2 aliphatic heterocycles. The van der Waals surface area contributed by atoms with E-state index in [-0.39, 0.29) is 11.7 Å². The van der Waals surface area contributed by atoms with Gasteiger partial charge in [0, 0.05) is 5.56 Å². The maximum absolute atomic E-state index is 11.2. The van der Waals surface area contributed by atoms with Gasteiger partial charge in [-0.05, 0) is 63.2 Å². The Morgan fingerprint density at radius 1 is 1.12 bits per heavy atom. The van der Waals surface area contributed by atoms with E-state index in [9.17, 15) is 4.80 Å². The van der Waals surface area contributed by atoms with Gasteiger partial charge in [-0.2, -0.15) is 5.10 Å². The first-order valence-electron chi connectivity index (χ1n) is 11.8. The predicted molar refractivity (Wildman–Crippen MR) is 131 cm³/mol. The molecule has 4 heterocycles. The molecule has 2 aliphatic rings. The lowest BCUT2D eigenvalue weighted by Crippen LogP contribution is -2.45. The third-order valence-electron chi connectivity index (χ3n) is 6.96. The molecule has 2 saturated heterocycles. The van der Waals surface area contributed by atoms with Crippen LogP contribution in [0.5, 0.6) is 11.6 Å². The Morgan fingerprint density at radius 2 is 1.88 bits per heavy atom. The Labute approximate surface area is 195 Å². The summed E-state index contributed by atoms with van der Waals surface area (Å²) < 4.78 is 7.99. The first-order valence-corrected chi connectivity index (χ1v) is 14.1. The minimum absolute atomic E-state index is 0.238. The number of nitrogen functional groups attached to an aromatic ring is 1. The van der Waals surface area contributed by atoms with E-state index in [1.165, 1.54) is 0 Å². The third kappa shape index (κ3) is 4.66. The fourth-order valence-corrected chi connectivity index (χ4v) is 8.41. The summed E-state index contributed by atoms with van der Waals surface area (Å²) in [6.45, 7) is 4.19. The molecule has 8 nitrogen and oxygen atoms in total. The zero-order chi connectivity index (χ0) is 23.0. The van der Waals surface area contributed by atoms with Gasteiger partial charge in [0.25, 0.3) is 5.88 Å². The summed E-state index contributed by atoms with van der Waals surface area (Å²) in [5, 5.41) is 5.59. The van der Waals surface area contributed by atoms with Gasteiger partial charge in [0.15, 0.2) is 11.6 Å². The largest absolute Gasteiger partial charge is 0.433 e. The molecule has 0 bridgehead atoms. The summed E-state index contributed by atoms with van der Waals surface area (Å²) in [5.41, 5.74) is 8.81. The number of ether oxygens (including phenoxy) is 1. The van der Waals surface area contributed by atoms with E-state index >= 15 is 0 Å². The standard InChI is InChI=1S/C24H32N6O2Si/c1-17-11-18(13-21(12-17)33(31)9-3-4-10-33)22-15-26-23(25)24(28-22)32-20-14-27-30(16-20)19-5-7-29(2)8-6-19/h11-16,19,31H,3-10H2,1-2H3,(H2,25,26). The number of rotatable bonds is 5. The van der Waals surface area contributed by atoms with E-state index in [1.54, 1.807) is 12.4 Å². The van der Waals surface area contributed by atoms with E-state index < -0.39 is 8.32 Å². The van der Waals surface area contributed by atoms with Crippen LogP contribution in [0.2, 0.25) is 12.1 Å². The van der Waals surface area contributed by atoms with Crippen LogP contribution < -0.4 is 15.7 Å². The number of aryl methyl sites for hydroxylation is 1. The lowest BCUT2D eigenvalue weighted by atomic mass is 10.1. The molecule has 9 heteroatoms. The van der Waals surface area contributed by atoms with Crippen LogP contribution in [0.25, 0.3) is 11.3 Å². The molecule has 3 N–H and O–H groups in total. The molecular weight excluding hydrogens is 432 g/mol. The molecular formula is C24H32N6O2Si. The quantitative estimate of drug-likeness (QED) is 0.559. The van der Waals surface area contributed by atoms with Crippen molar-refractivity contribution in [2.24, 2.45) is 0 Å². The summed E-state index contributed by atoms with van der Waals surface area (Å²) in [6.07, 6.45) is 9.64. The smallest absolute Gasteiger partial charge is 0.263 e. The van der Waals surface area contributed by atoms with Crippen LogP contribution in [-0.2, 0) is 0 Å². The lowest BCUT2D eigenvalue weighted by molar-refractivity contribution is 0.212. The van der Waals surface area contributed by atoms with Gasteiger partial charge in [-0.3, -0.25) is 4.68 Å². The van der Waals surface area contributed by atoms with E-state index in [1.807, 2.05) is 10.9 Å². The average molecular weight is 465 g/mol. The third-order valence-corrected chi connectivity index (χ3v) is 10.7. The van der Waals surface area contributed by atoms with Crippen molar-refractivity contribution in [1.29, 1.82) is 0 Å². The molecule has 0 saturated carbocycles. The van der Waals surface area contributed by atoms with E-state index in [2.05, 4.69) is 52.1 Å². The number of nitrogens with zero attached hydrogens (tertiary/aromatic N) is 5. The molecule has 2 fully saturated rings. The van der Waals surface area contributed by atoms with Crippen molar-refractivity contribution in [3.63, 3.8) is 0 Å². The van der Waals surface area contributed by atoms with Crippen LogP contribution in [0.15, 0.2) is 36.8 Å². The van der Waals surface area contributed by atoms with Gasteiger partial charge in [-0.1, -0.05) is 30.5 Å². The highest BCUT2D eigenvalue weighted by molar-refractivity contribution is 6.86. The summed E-state index contributed by atoms with van der Waals surface area (Å²) >= 11 is 0. The monoisotopic (exact) mass is 464 g/mol. The molecule has 2 aromatic heterocycles. The van der Waals surface area contributed by atoms with Gasteiger partial charge < -0.3 is 20.2 Å². The predicted octanol–water partition coefficient (Wildman–Crippen LogP) is 3.23. The maximum atomic E-state index is 11.2. The maximum Gasteiger partial charge on any atom is 0.263 e. The molecule has 1 aromatic carbocycles. The van der Waals surface area contributed by atoms with Gasteiger partial charge >= 0.3 is 0 Å². The first kappa shape index (κ1) is 22.1. The molecule has 0 spiro atoms. The summed E-state index contributed by atoms with van der Waals surface area (Å²) in [4.78, 5) is 22.6. The lowest BCUT2D eigenvalue weighted by Gasteiger charge is -2.28. The van der Waals surface area contributed by atoms with E-state index in [4.69, 9.17) is 10.5 Å². The Morgan fingerprint density at radius 3 is 2.64 bits per heavy atom. The Bertz CT molecular complexity index is 1140. The average Bonchev–Trinajstić information content (AvgIpc) is 3.45. The van der Waals surface area contributed by atoms with Crippen LogP contribution in [0.4, 0.5) is 5.82 Å². The number of benzene rings is 1. The summed E-state index contributed by atoms with van der Waals surface area (Å²) in [7, 11) is -0.231. The minimum atomic E-state index is -2.38. The number of hydrogen-bond acceptors (Lipinski definition) is 7. The minimum Gasteiger partial charge on any atom is -0.433 e. The highest BCUT2D eigenvalue weighted by atomic mass is 28.4. The van der Waals surface area contributed by atoms with Crippen LogP contribution in [0, 0.1) is 6.92 Å². The number of aromatic nitrogens is 4. The van der Waals surface area contributed by atoms with Crippen molar-refractivity contribution in [3.05, 3.63) is 42.4 Å². The van der Waals surface area contributed by atoms with Crippen LogP contribution in [0.3, 0.4) is 0 Å². The number of hydrogen-bond donors (Lipinski definition) is 2. The highest BCUT2D eigenvalue weighted by Crippen LogP contribution is 2.31. The van der Waals surface area contributed by atoms with Crippen LogP contribution in [-0.4, -0.2) is 57.9 Å². The molecule has 174 valence electrons. The number of nitrogens with two attached hydrogens (primary N) is 1. The molecule has 0 unspecified atom stereocenters. The zero-order valence-corrected chi connectivity index (χ0v) is 20.4. The molecule has 0 aliphatic carbocycles. The Kier molecular flexibility index (Phi) is 5.94. The van der Waals surface area contributed by atoms with Gasteiger partial charge in [0.2, 0.25) is 8.32 Å². The van der Waals surface area contributed by atoms with Gasteiger partial charge in [0.05, 0.1) is 30.3 Å². The van der Waals surface area contributed by atoms with Crippen molar-refractivity contribution in [2.75, 3.05) is 25.9 Å². The van der Waals surface area contributed by atoms with Crippen molar-refractivity contribution in [1.82, 2.24) is 24.6 Å². The second-order valence-corrected chi connectivity index (χ2v) is 13.2. The molecule has 3 aromatic rings. The molecule has 0 atom stereocenters. The number of likely N-dealkylation sites (tertiary alicyclic amines) is 1. The topological polar surface area (TPSA) is 102 Å². The Hall–Kier alpha value is -2.75.